The summed E-state index contributed by atoms with van der Waals surface area (Å²) >= 11 is 0. The highest BCUT2D eigenvalue weighted by atomic mass is 16.4. The molecule has 4 heteroatoms. The van der Waals surface area contributed by atoms with Gasteiger partial charge in [-0.05, 0) is 37.5 Å². The molecule has 0 aromatic carbocycles. The minimum Gasteiger partial charge on any atom is -0.481 e. The molecule has 2 N–H and O–H groups in total. The first-order chi connectivity index (χ1) is 9.98. The quantitative estimate of drug-likeness (QED) is 0.817. The number of carbonyl (C=O) groups is 2. The predicted octanol–water partition coefficient (Wildman–Crippen LogP) is 3.35. The first-order valence-electron chi connectivity index (χ1n) is 8.51. The molecule has 3 unspecified atom stereocenters. The lowest BCUT2D eigenvalue weighted by Gasteiger charge is -2.33. The van der Waals surface area contributed by atoms with E-state index < -0.39 is 11.4 Å². The van der Waals surface area contributed by atoms with E-state index in [4.69, 9.17) is 0 Å². The van der Waals surface area contributed by atoms with Crippen LogP contribution in [0.2, 0.25) is 0 Å². The second-order valence-electron chi connectivity index (χ2n) is 7.10. The number of hydrogen-bond donors (Lipinski definition) is 2. The number of amides is 1. The van der Waals surface area contributed by atoms with E-state index in [1.807, 2.05) is 0 Å². The van der Waals surface area contributed by atoms with Crippen LogP contribution in [0.25, 0.3) is 0 Å². The molecular formula is C17H29NO3. The van der Waals surface area contributed by atoms with Gasteiger partial charge in [0.05, 0.1) is 5.41 Å². The first-order valence-corrected chi connectivity index (χ1v) is 8.51. The number of carboxylic acid groups (broad SMARTS) is 1. The maximum atomic E-state index is 12.3. The van der Waals surface area contributed by atoms with Crippen molar-refractivity contribution < 1.29 is 14.7 Å². The molecule has 3 atom stereocenters. The average Bonchev–Trinajstić information content (AvgIpc) is 2.80. The monoisotopic (exact) mass is 295 g/mol. The van der Waals surface area contributed by atoms with Crippen LogP contribution in [0.1, 0.15) is 71.6 Å². The molecule has 0 aliphatic heterocycles. The van der Waals surface area contributed by atoms with E-state index in [1.165, 1.54) is 6.42 Å². The van der Waals surface area contributed by atoms with Crippen LogP contribution in [0.15, 0.2) is 0 Å². The van der Waals surface area contributed by atoms with Gasteiger partial charge in [-0.3, -0.25) is 9.59 Å². The van der Waals surface area contributed by atoms with Crippen molar-refractivity contribution in [2.75, 3.05) is 0 Å². The third kappa shape index (κ3) is 3.58. The van der Waals surface area contributed by atoms with Crippen molar-refractivity contribution in [1.29, 1.82) is 0 Å². The summed E-state index contributed by atoms with van der Waals surface area (Å²) < 4.78 is 0. The Bertz CT molecular complexity index is 387. The Morgan fingerprint density at radius 3 is 2.38 bits per heavy atom. The number of nitrogens with one attached hydrogen (secondary N) is 1. The molecule has 0 aromatic rings. The molecule has 0 radical (unpaired) electrons. The van der Waals surface area contributed by atoms with Gasteiger partial charge in [0.1, 0.15) is 0 Å². The lowest BCUT2D eigenvalue weighted by Crippen LogP contribution is -2.43. The lowest BCUT2D eigenvalue weighted by atomic mass is 9.71. The van der Waals surface area contributed by atoms with Crippen LogP contribution in [0.5, 0.6) is 0 Å². The third-order valence-electron chi connectivity index (χ3n) is 5.86. The van der Waals surface area contributed by atoms with Crippen molar-refractivity contribution in [3.63, 3.8) is 0 Å². The van der Waals surface area contributed by atoms with Crippen LogP contribution >= 0.6 is 0 Å². The van der Waals surface area contributed by atoms with Crippen molar-refractivity contribution >= 4 is 11.9 Å². The molecule has 0 saturated heterocycles. The summed E-state index contributed by atoms with van der Waals surface area (Å²) in [5.74, 6) is 0.348. The number of carboxylic acids is 1. The molecule has 2 rings (SSSR count). The van der Waals surface area contributed by atoms with Crippen molar-refractivity contribution in [1.82, 2.24) is 5.32 Å². The zero-order valence-electron chi connectivity index (χ0n) is 13.4. The van der Waals surface area contributed by atoms with Crippen molar-refractivity contribution in [3.05, 3.63) is 0 Å². The van der Waals surface area contributed by atoms with Crippen molar-refractivity contribution in [2.45, 2.75) is 77.7 Å². The molecular weight excluding hydrogens is 266 g/mol. The van der Waals surface area contributed by atoms with Crippen LogP contribution in [0.3, 0.4) is 0 Å². The van der Waals surface area contributed by atoms with Gasteiger partial charge in [-0.1, -0.05) is 39.5 Å². The molecule has 1 amide bonds. The molecule has 2 fully saturated rings. The Morgan fingerprint density at radius 2 is 1.86 bits per heavy atom. The maximum Gasteiger partial charge on any atom is 0.310 e. The number of aliphatic carboxylic acids is 1. The highest BCUT2D eigenvalue weighted by molar-refractivity contribution is 5.85. The number of carbonyl (C=O) groups excluding carboxylic acids is 1. The first kappa shape index (κ1) is 16.3. The highest BCUT2D eigenvalue weighted by Crippen LogP contribution is 2.40. The molecule has 4 nitrogen and oxygen atoms in total. The number of rotatable bonds is 5. The minimum atomic E-state index is -0.811. The molecule has 0 aromatic heterocycles. The van der Waals surface area contributed by atoms with Crippen LogP contribution in [-0.4, -0.2) is 23.0 Å². The molecule has 2 aliphatic rings. The fourth-order valence-corrected chi connectivity index (χ4v) is 4.29. The summed E-state index contributed by atoms with van der Waals surface area (Å²) in [5, 5.41) is 12.7. The predicted molar refractivity (Wildman–Crippen MR) is 81.9 cm³/mol. The van der Waals surface area contributed by atoms with E-state index in [2.05, 4.69) is 19.2 Å². The Morgan fingerprint density at radius 1 is 1.19 bits per heavy atom. The van der Waals surface area contributed by atoms with Gasteiger partial charge in [-0.25, -0.2) is 0 Å². The lowest BCUT2D eigenvalue weighted by molar-refractivity contribution is -0.154. The van der Waals surface area contributed by atoms with E-state index in [9.17, 15) is 14.7 Å². The van der Waals surface area contributed by atoms with Crippen molar-refractivity contribution in [2.24, 2.45) is 17.3 Å². The topological polar surface area (TPSA) is 66.4 Å². The molecule has 120 valence electrons. The van der Waals surface area contributed by atoms with Crippen LogP contribution in [0.4, 0.5) is 0 Å². The second kappa shape index (κ2) is 6.80. The molecule has 0 spiro atoms. The van der Waals surface area contributed by atoms with Gasteiger partial charge in [0.2, 0.25) is 5.91 Å². The molecule has 0 heterocycles. The van der Waals surface area contributed by atoms with Gasteiger partial charge in [-0.2, -0.15) is 0 Å². The van der Waals surface area contributed by atoms with E-state index in [-0.39, 0.29) is 18.4 Å². The van der Waals surface area contributed by atoms with Gasteiger partial charge in [-0.15, -0.1) is 0 Å². The van der Waals surface area contributed by atoms with E-state index in [0.29, 0.717) is 24.7 Å². The van der Waals surface area contributed by atoms with Crippen molar-refractivity contribution in [3.8, 4) is 0 Å². The Hall–Kier alpha value is -1.06. The van der Waals surface area contributed by atoms with Crippen LogP contribution in [-0.2, 0) is 9.59 Å². The smallest absolute Gasteiger partial charge is 0.310 e. The van der Waals surface area contributed by atoms with Crippen LogP contribution < -0.4 is 5.32 Å². The summed E-state index contributed by atoms with van der Waals surface area (Å²) in [7, 11) is 0. The fourth-order valence-electron chi connectivity index (χ4n) is 4.29. The molecule has 2 saturated carbocycles. The van der Waals surface area contributed by atoms with E-state index in [0.717, 1.165) is 32.1 Å². The summed E-state index contributed by atoms with van der Waals surface area (Å²) in [6, 6.07) is 0.233. The maximum absolute atomic E-state index is 12.3. The zero-order valence-corrected chi connectivity index (χ0v) is 13.4. The molecule has 0 bridgehead atoms. The SMILES string of the molecule is CCC1CCC(NC(=O)CC2(C(=O)O)CCCCC2)C1C. The fraction of sp³-hybridized carbons (Fsp3) is 0.882. The summed E-state index contributed by atoms with van der Waals surface area (Å²) in [5.41, 5.74) is -0.811. The third-order valence-corrected chi connectivity index (χ3v) is 5.86. The molecule has 21 heavy (non-hydrogen) atoms. The summed E-state index contributed by atoms with van der Waals surface area (Å²) in [4.78, 5) is 24.0. The van der Waals surface area contributed by atoms with Gasteiger partial charge in [0.25, 0.3) is 0 Å². The normalized spacial score (nSPS) is 31.8. The summed E-state index contributed by atoms with van der Waals surface area (Å²) in [6.45, 7) is 4.41. The highest BCUT2D eigenvalue weighted by Gasteiger charge is 2.42. The second-order valence-corrected chi connectivity index (χ2v) is 7.10. The van der Waals surface area contributed by atoms with E-state index >= 15 is 0 Å². The zero-order chi connectivity index (χ0) is 15.5. The van der Waals surface area contributed by atoms with Crippen LogP contribution in [0, 0.1) is 17.3 Å². The minimum absolute atomic E-state index is 0.0621. The largest absolute Gasteiger partial charge is 0.481 e. The Labute approximate surface area is 127 Å². The molecule has 2 aliphatic carbocycles. The Balaban J connectivity index is 1.93. The van der Waals surface area contributed by atoms with E-state index in [1.54, 1.807) is 0 Å². The van der Waals surface area contributed by atoms with Gasteiger partial charge in [0, 0.05) is 12.5 Å². The van der Waals surface area contributed by atoms with Gasteiger partial charge >= 0.3 is 5.97 Å². The number of hydrogen-bond acceptors (Lipinski definition) is 2. The van der Waals surface area contributed by atoms with Gasteiger partial charge < -0.3 is 10.4 Å². The summed E-state index contributed by atoms with van der Waals surface area (Å²) in [6.07, 6.45) is 7.76. The van der Waals surface area contributed by atoms with Gasteiger partial charge in [0.15, 0.2) is 0 Å². The average molecular weight is 295 g/mol. The Kier molecular flexibility index (Phi) is 5.28. The standard InChI is InChI=1S/C17H29NO3/c1-3-13-7-8-14(12(13)2)18-15(19)11-17(16(20)21)9-5-4-6-10-17/h12-14H,3-11H2,1-2H3,(H,18,19)(H,20,21).